The van der Waals surface area contributed by atoms with Gasteiger partial charge in [-0.15, -0.1) is 0 Å². The second-order valence-corrected chi connectivity index (χ2v) is 4.80. The fourth-order valence-corrected chi connectivity index (χ4v) is 2.44. The van der Waals surface area contributed by atoms with Crippen LogP contribution in [0, 0.1) is 0 Å². The molecule has 1 amide bonds. The lowest BCUT2D eigenvalue weighted by Gasteiger charge is -2.26. The summed E-state index contributed by atoms with van der Waals surface area (Å²) < 4.78 is 5.35. The van der Waals surface area contributed by atoms with Crippen LogP contribution in [0.2, 0.25) is 0 Å². The van der Waals surface area contributed by atoms with E-state index in [4.69, 9.17) is 9.84 Å². The van der Waals surface area contributed by atoms with Crippen LogP contribution in [0.1, 0.15) is 11.3 Å². The number of carboxylic acid groups (broad SMARTS) is 1. The molecule has 0 saturated heterocycles. The third kappa shape index (κ3) is 2.52. The highest BCUT2D eigenvalue weighted by molar-refractivity contribution is 5.66. The van der Waals surface area contributed by atoms with Gasteiger partial charge in [0.1, 0.15) is 0 Å². The van der Waals surface area contributed by atoms with Gasteiger partial charge in [0.25, 0.3) is 0 Å². The monoisotopic (exact) mass is 285 g/mol. The third-order valence-corrected chi connectivity index (χ3v) is 3.52. The Balaban J connectivity index is 2.06. The van der Waals surface area contributed by atoms with Gasteiger partial charge in [-0.2, -0.15) is 4.98 Å². The van der Waals surface area contributed by atoms with Crippen molar-refractivity contribution in [3.63, 3.8) is 0 Å². The van der Waals surface area contributed by atoms with Gasteiger partial charge < -0.3 is 14.7 Å². The Morgan fingerprint density at radius 1 is 1.29 bits per heavy atom. The first-order valence-electron chi connectivity index (χ1n) is 6.66. The summed E-state index contributed by atoms with van der Waals surface area (Å²) in [4.78, 5) is 21.4. The number of fused-ring (bicyclic) bond motifs is 1. The zero-order valence-electron chi connectivity index (χ0n) is 11.6. The smallest absolute Gasteiger partial charge is 0.407 e. The van der Waals surface area contributed by atoms with Crippen LogP contribution >= 0.6 is 0 Å². The normalized spacial score (nSPS) is 13.7. The molecule has 1 N–H and O–H groups in total. The molecular weight excluding hydrogens is 270 g/mol. The molecule has 21 heavy (non-hydrogen) atoms. The molecule has 1 aliphatic rings. The molecular formula is C15H15N3O3. The standard InChI is InChI=1S/C15H15N3O3/c1-21-14-11-7-8-18(15(19)20)9-12(11)16-13(17-14)10-5-3-2-4-6-10/h2-6H,7-9H2,1H3,(H,19,20). The Labute approximate surface area is 122 Å². The van der Waals surface area contributed by atoms with Crippen molar-refractivity contribution >= 4 is 6.09 Å². The van der Waals surface area contributed by atoms with Gasteiger partial charge in [0.05, 0.1) is 19.3 Å². The van der Waals surface area contributed by atoms with Crippen LogP contribution in [-0.4, -0.2) is 39.7 Å². The molecule has 0 atom stereocenters. The number of benzene rings is 1. The molecule has 6 heteroatoms. The number of hydrogen-bond donors (Lipinski definition) is 1. The van der Waals surface area contributed by atoms with E-state index in [9.17, 15) is 4.79 Å². The van der Waals surface area contributed by atoms with Gasteiger partial charge in [-0.05, 0) is 6.42 Å². The predicted octanol–water partition coefficient (Wildman–Crippen LogP) is 2.19. The quantitative estimate of drug-likeness (QED) is 0.915. The number of aromatic nitrogens is 2. The van der Waals surface area contributed by atoms with Crippen LogP contribution in [-0.2, 0) is 13.0 Å². The predicted molar refractivity (Wildman–Crippen MR) is 76.2 cm³/mol. The number of methoxy groups -OCH3 is 1. The molecule has 6 nitrogen and oxygen atoms in total. The van der Waals surface area contributed by atoms with Crippen molar-refractivity contribution < 1.29 is 14.6 Å². The third-order valence-electron chi connectivity index (χ3n) is 3.52. The summed E-state index contributed by atoms with van der Waals surface area (Å²) in [5, 5.41) is 9.13. The molecule has 0 aliphatic carbocycles. The highest BCUT2D eigenvalue weighted by Crippen LogP contribution is 2.28. The molecule has 1 aromatic heterocycles. The van der Waals surface area contributed by atoms with E-state index >= 15 is 0 Å². The van der Waals surface area contributed by atoms with Gasteiger partial charge in [-0.1, -0.05) is 30.3 Å². The fourth-order valence-electron chi connectivity index (χ4n) is 2.44. The van der Waals surface area contributed by atoms with Crippen LogP contribution in [0.25, 0.3) is 11.4 Å². The topological polar surface area (TPSA) is 75.6 Å². The maximum Gasteiger partial charge on any atom is 0.407 e. The second kappa shape index (κ2) is 5.40. The summed E-state index contributed by atoms with van der Waals surface area (Å²) >= 11 is 0. The van der Waals surface area contributed by atoms with E-state index in [1.54, 1.807) is 7.11 Å². The van der Waals surface area contributed by atoms with Gasteiger partial charge >= 0.3 is 6.09 Å². The number of hydrogen-bond acceptors (Lipinski definition) is 4. The zero-order chi connectivity index (χ0) is 14.8. The van der Waals surface area contributed by atoms with Crippen molar-refractivity contribution in [2.24, 2.45) is 0 Å². The largest absolute Gasteiger partial charge is 0.481 e. The van der Waals surface area contributed by atoms with Gasteiger partial charge in [-0.3, -0.25) is 0 Å². The SMILES string of the molecule is COc1nc(-c2ccccc2)nc2c1CCN(C(=O)O)C2. The zero-order valence-corrected chi connectivity index (χ0v) is 11.6. The first-order chi connectivity index (χ1) is 10.2. The molecule has 3 rings (SSSR count). The van der Waals surface area contributed by atoms with Gasteiger partial charge in [0.2, 0.25) is 5.88 Å². The van der Waals surface area contributed by atoms with E-state index in [1.165, 1.54) is 4.90 Å². The summed E-state index contributed by atoms with van der Waals surface area (Å²) in [6, 6.07) is 9.57. The average molecular weight is 285 g/mol. The maximum atomic E-state index is 11.1. The highest BCUT2D eigenvalue weighted by Gasteiger charge is 2.25. The van der Waals surface area contributed by atoms with Crippen LogP contribution in [0.5, 0.6) is 5.88 Å². The minimum absolute atomic E-state index is 0.267. The molecule has 2 aromatic rings. The minimum Gasteiger partial charge on any atom is -0.481 e. The highest BCUT2D eigenvalue weighted by atomic mass is 16.5. The van der Waals surface area contributed by atoms with Crippen LogP contribution in [0.4, 0.5) is 4.79 Å². The second-order valence-electron chi connectivity index (χ2n) is 4.80. The molecule has 108 valence electrons. The lowest BCUT2D eigenvalue weighted by atomic mass is 10.1. The van der Waals surface area contributed by atoms with Crippen molar-refractivity contribution in [3.8, 4) is 17.3 Å². The van der Waals surface area contributed by atoms with E-state index < -0.39 is 6.09 Å². The van der Waals surface area contributed by atoms with Crippen molar-refractivity contribution in [2.45, 2.75) is 13.0 Å². The Morgan fingerprint density at radius 3 is 2.71 bits per heavy atom. The van der Waals surface area contributed by atoms with Crippen LogP contribution in [0.15, 0.2) is 30.3 Å². The molecule has 0 saturated carbocycles. The number of nitrogens with zero attached hydrogens (tertiary/aromatic N) is 3. The summed E-state index contributed by atoms with van der Waals surface area (Å²) in [5.41, 5.74) is 2.50. The fraction of sp³-hybridized carbons (Fsp3) is 0.267. The maximum absolute atomic E-state index is 11.1. The lowest BCUT2D eigenvalue weighted by Crippen LogP contribution is -2.35. The molecule has 0 bridgehead atoms. The molecule has 0 unspecified atom stereocenters. The van der Waals surface area contributed by atoms with Crippen molar-refractivity contribution in [2.75, 3.05) is 13.7 Å². The van der Waals surface area contributed by atoms with E-state index in [2.05, 4.69) is 9.97 Å². The Hall–Kier alpha value is -2.63. The summed E-state index contributed by atoms with van der Waals surface area (Å²) in [7, 11) is 1.57. The van der Waals surface area contributed by atoms with Crippen molar-refractivity contribution in [1.29, 1.82) is 0 Å². The van der Waals surface area contributed by atoms with E-state index in [0.29, 0.717) is 30.4 Å². The number of rotatable bonds is 2. The number of carbonyl (C=O) groups is 1. The summed E-state index contributed by atoms with van der Waals surface area (Å²) in [6.07, 6.45) is -0.362. The minimum atomic E-state index is -0.931. The van der Waals surface area contributed by atoms with E-state index in [-0.39, 0.29) is 6.54 Å². The number of amides is 1. The molecule has 2 heterocycles. The van der Waals surface area contributed by atoms with Crippen LogP contribution < -0.4 is 4.74 Å². The Bertz CT molecular complexity index is 673. The van der Waals surface area contributed by atoms with E-state index in [0.717, 1.165) is 11.1 Å². The Morgan fingerprint density at radius 2 is 2.05 bits per heavy atom. The molecule has 1 aliphatic heterocycles. The first-order valence-corrected chi connectivity index (χ1v) is 6.66. The molecule has 0 radical (unpaired) electrons. The van der Waals surface area contributed by atoms with Gasteiger partial charge in [-0.25, -0.2) is 9.78 Å². The number of ether oxygens (including phenoxy) is 1. The summed E-state index contributed by atoms with van der Waals surface area (Å²) in [5.74, 6) is 1.09. The molecule has 0 fully saturated rings. The van der Waals surface area contributed by atoms with E-state index in [1.807, 2.05) is 30.3 Å². The average Bonchev–Trinajstić information content (AvgIpc) is 2.54. The van der Waals surface area contributed by atoms with Gasteiger partial charge in [0.15, 0.2) is 5.82 Å². The Kier molecular flexibility index (Phi) is 3.43. The summed E-state index contributed by atoms with van der Waals surface area (Å²) in [6.45, 7) is 0.704. The molecule has 0 spiro atoms. The molecule has 1 aromatic carbocycles. The van der Waals surface area contributed by atoms with Gasteiger partial charge in [0, 0.05) is 17.7 Å². The van der Waals surface area contributed by atoms with Crippen molar-refractivity contribution in [1.82, 2.24) is 14.9 Å². The van der Waals surface area contributed by atoms with Crippen molar-refractivity contribution in [3.05, 3.63) is 41.6 Å². The first kappa shape index (κ1) is 13.4. The lowest BCUT2D eigenvalue weighted by molar-refractivity contribution is 0.138. The van der Waals surface area contributed by atoms with Crippen LogP contribution in [0.3, 0.4) is 0 Å².